The first-order valence-electron chi connectivity index (χ1n) is 9.29. The van der Waals surface area contributed by atoms with Crippen LogP contribution in [0.3, 0.4) is 0 Å². The summed E-state index contributed by atoms with van der Waals surface area (Å²) >= 11 is 11.9. The minimum Gasteiger partial charge on any atom is -0.433 e. The van der Waals surface area contributed by atoms with E-state index in [4.69, 9.17) is 27.9 Å². The van der Waals surface area contributed by atoms with Gasteiger partial charge >= 0.3 is 6.09 Å². The van der Waals surface area contributed by atoms with Gasteiger partial charge in [-0.2, -0.15) is 0 Å². The molecule has 1 aliphatic carbocycles. The molecule has 152 valence electrons. The number of carbonyl (C=O) groups excluding carboxylic acids is 2. The van der Waals surface area contributed by atoms with E-state index in [1.54, 1.807) is 25.1 Å². The molecule has 28 heavy (non-hydrogen) atoms. The van der Waals surface area contributed by atoms with Crippen LogP contribution in [0.2, 0.25) is 10.0 Å². The Hall–Kier alpha value is -1.90. The lowest BCUT2D eigenvalue weighted by atomic mass is 10.0. The predicted molar refractivity (Wildman–Crippen MR) is 112 cm³/mol. The largest absolute Gasteiger partial charge is 0.433 e. The highest BCUT2D eigenvalue weighted by Crippen LogP contribution is 2.34. The first kappa shape index (κ1) is 22.4. The third-order valence-corrected chi connectivity index (χ3v) is 5.03. The van der Waals surface area contributed by atoms with Crippen LogP contribution in [0.5, 0.6) is 0 Å². The van der Waals surface area contributed by atoms with Crippen molar-refractivity contribution in [2.45, 2.75) is 70.6 Å². The van der Waals surface area contributed by atoms with Gasteiger partial charge in [0, 0.05) is 11.1 Å². The molecule has 2 N–H and O–H groups in total. The highest BCUT2D eigenvalue weighted by molar-refractivity contribution is 6.42. The zero-order valence-corrected chi connectivity index (χ0v) is 18.1. The Labute approximate surface area is 176 Å². The van der Waals surface area contributed by atoms with Gasteiger partial charge in [-0.1, -0.05) is 35.0 Å². The van der Waals surface area contributed by atoms with Crippen LogP contribution in [0.15, 0.2) is 18.2 Å². The number of halogens is 2. The first-order chi connectivity index (χ1) is 13.0. The molecule has 1 aromatic rings. The smallest absolute Gasteiger partial charge is 0.408 e. The van der Waals surface area contributed by atoms with Crippen LogP contribution in [0.1, 0.15) is 58.9 Å². The Morgan fingerprint density at radius 1 is 1.18 bits per heavy atom. The molecule has 0 heterocycles. The summed E-state index contributed by atoms with van der Waals surface area (Å²) < 4.78 is 5.59. The van der Waals surface area contributed by atoms with E-state index in [2.05, 4.69) is 22.5 Å². The van der Waals surface area contributed by atoms with Gasteiger partial charge in [-0.3, -0.25) is 4.79 Å². The van der Waals surface area contributed by atoms with Crippen LogP contribution in [0.25, 0.3) is 0 Å². The summed E-state index contributed by atoms with van der Waals surface area (Å²) in [5.74, 6) is 5.62. The Balaban J connectivity index is 2.04. The van der Waals surface area contributed by atoms with Crippen LogP contribution in [-0.4, -0.2) is 29.2 Å². The van der Waals surface area contributed by atoms with Crippen LogP contribution < -0.4 is 10.6 Å². The average molecular weight is 425 g/mol. The molecule has 1 saturated carbocycles. The Kier molecular flexibility index (Phi) is 7.25. The van der Waals surface area contributed by atoms with Gasteiger partial charge < -0.3 is 15.4 Å². The number of hydrogen-bond acceptors (Lipinski definition) is 3. The summed E-state index contributed by atoms with van der Waals surface area (Å²) in [5, 5.41) is 6.48. The third kappa shape index (κ3) is 6.32. The molecule has 1 aliphatic rings. The SMILES string of the molecule is CC(C#Cc1ccc(Cl)c(Cl)c1)NC(=O)C1(OC(=O)NC(C)(C)C)CCCC1. The van der Waals surface area contributed by atoms with E-state index in [0.29, 0.717) is 28.5 Å². The Morgan fingerprint density at radius 3 is 2.39 bits per heavy atom. The summed E-state index contributed by atoms with van der Waals surface area (Å²) in [6.07, 6.45) is 2.09. The molecule has 0 aliphatic heterocycles. The first-order valence-corrected chi connectivity index (χ1v) is 10.1. The van der Waals surface area contributed by atoms with Gasteiger partial charge in [0.1, 0.15) is 0 Å². The van der Waals surface area contributed by atoms with Crippen LogP contribution in [0.4, 0.5) is 4.79 Å². The highest BCUT2D eigenvalue weighted by Gasteiger charge is 2.45. The van der Waals surface area contributed by atoms with Gasteiger partial charge in [0.25, 0.3) is 5.91 Å². The minimum atomic E-state index is -1.14. The van der Waals surface area contributed by atoms with E-state index >= 15 is 0 Å². The van der Waals surface area contributed by atoms with Crippen molar-refractivity contribution < 1.29 is 14.3 Å². The fourth-order valence-corrected chi connectivity index (χ4v) is 3.26. The third-order valence-electron chi connectivity index (χ3n) is 4.29. The lowest BCUT2D eigenvalue weighted by Crippen LogP contribution is -2.53. The minimum absolute atomic E-state index is 0.315. The van der Waals surface area contributed by atoms with E-state index in [-0.39, 0.29) is 5.91 Å². The zero-order chi connectivity index (χ0) is 20.9. The number of ether oxygens (including phenoxy) is 1. The van der Waals surface area contributed by atoms with E-state index in [1.807, 2.05) is 20.8 Å². The van der Waals surface area contributed by atoms with Crippen molar-refractivity contribution in [2.24, 2.45) is 0 Å². The van der Waals surface area contributed by atoms with Crippen molar-refractivity contribution in [3.63, 3.8) is 0 Å². The molecule has 1 unspecified atom stereocenters. The van der Waals surface area contributed by atoms with Crippen LogP contribution >= 0.6 is 23.2 Å². The van der Waals surface area contributed by atoms with E-state index in [1.165, 1.54) is 0 Å². The number of carbonyl (C=O) groups is 2. The van der Waals surface area contributed by atoms with Gasteiger partial charge in [0.15, 0.2) is 5.60 Å². The van der Waals surface area contributed by atoms with Crippen LogP contribution in [0, 0.1) is 11.8 Å². The fourth-order valence-electron chi connectivity index (χ4n) is 2.96. The van der Waals surface area contributed by atoms with Gasteiger partial charge in [0.05, 0.1) is 16.1 Å². The Morgan fingerprint density at radius 2 is 1.82 bits per heavy atom. The van der Waals surface area contributed by atoms with Crippen molar-refractivity contribution in [3.8, 4) is 11.8 Å². The predicted octanol–water partition coefficient (Wildman–Crippen LogP) is 4.69. The second-order valence-electron chi connectivity index (χ2n) is 8.06. The maximum absolute atomic E-state index is 12.9. The summed E-state index contributed by atoms with van der Waals surface area (Å²) in [6, 6.07) is 4.68. The zero-order valence-electron chi connectivity index (χ0n) is 16.6. The van der Waals surface area contributed by atoms with E-state index in [0.717, 1.165) is 12.8 Å². The fraction of sp³-hybridized carbons (Fsp3) is 0.524. The number of nitrogens with one attached hydrogen (secondary N) is 2. The molecular formula is C21H26Cl2N2O3. The lowest BCUT2D eigenvalue weighted by Gasteiger charge is -2.30. The second kappa shape index (κ2) is 9.07. The summed E-state index contributed by atoms with van der Waals surface area (Å²) in [5.41, 5.74) is -0.882. The molecule has 1 fully saturated rings. The van der Waals surface area contributed by atoms with E-state index < -0.39 is 23.3 Å². The van der Waals surface area contributed by atoms with Crippen LogP contribution in [-0.2, 0) is 9.53 Å². The van der Waals surface area contributed by atoms with E-state index in [9.17, 15) is 9.59 Å². The van der Waals surface area contributed by atoms with Gasteiger partial charge in [-0.05, 0) is 71.6 Å². The maximum Gasteiger partial charge on any atom is 0.408 e. The highest BCUT2D eigenvalue weighted by atomic mass is 35.5. The molecule has 1 aromatic carbocycles. The molecular weight excluding hydrogens is 399 g/mol. The number of rotatable bonds is 3. The molecule has 5 nitrogen and oxygen atoms in total. The topological polar surface area (TPSA) is 67.4 Å². The van der Waals surface area contributed by atoms with Gasteiger partial charge in [0.2, 0.25) is 0 Å². The summed E-state index contributed by atoms with van der Waals surface area (Å²) in [6.45, 7) is 7.35. The standard InChI is InChI=1S/C21H26Cl2N2O3/c1-14(7-8-15-9-10-16(22)17(23)13-15)24-18(26)21(11-5-6-12-21)28-19(27)25-20(2,3)4/h9-10,13-14H,5-6,11-12H2,1-4H3,(H,24,26)(H,25,27). The van der Waals surface area contributed by atoms with Crippen molar-refractivity contribution in [1.82, 2.24) is 10.6 Å². The molecule has 2 amide bonds. The normalized spacial score (nSPS) is 16.5. The molecule has 0 radical (unpaired) electrons. The summed E-state index contributed by atoms with van der Waals surface area (Å²) in [4.78, 5) is 25.1. The molecule has 2 rings (SSSR count). The maximum atomic E-state index is 12.9. The monoisotopic (exact) mass is 424 g/mol. The van der Waals surface area contributed by atoms with Crippen molar-refractivity contribution in [3.05, 3.63) is 33.8 Å². The molecule has 0 saturated heterocycles. The summed E-state index contributed by atoms with van der Waals surface area (Å²) in [7, 11) is 0. The number of amides is 2. The van der Waals surface area contributed by atoms with Crippen molar-refractivity contribution in [2.75, 3.05) is 0 Å². The van der Waals surface area contributed by atoms with Crippen molar-refractivity contribution in [1.29, 1.82) is 0 Å². The molecule has 0 aromatic heterocycles. The molecule has 1 atom stereocenters. The van der Waals surface area contributed by atoms with Gasteiger partial charge in [-0.15, -0.1) is 0 Å². The molecule has 7 heteroatoms. The number of hydrogen-bond donors (Lipinski definition) is 2. The number of alkyl carbamates (subject to hydrolysis) is 1. The molecule has 0 bridgehead atoms. The average Bonchev–Trinajstić information content (AvgIpc) is 3.03. The lowest BCUT2D eigenvalue weighted by molar-refractivity contribution is -0.140. The Bertz CT molecular complexity index is 800. The second-order valence-corrected chi connectivity index (χ2v) is 8.87. The quantitative estimate of drug-likeness (QED) is 0.691. The molecule has 0 spiro atoms. The number of benzene rings is 1. The van der Waals surface area contributed by atoms with Crippen molar-refractivity contribution >= 4 is 35.2 Å². The van der Waals surface area contributed by atoms with Gasteiger partial charge in [-0.25, -0.2) is 4.79 Å².